The molecule has 0 amide bonds. The number of hydrogen-bond acceptors (Lipinski definition) is 3. The largest absolute Gasteiger partial charge is 0.344 e. The lowest BCUT2D eigenvalue weighted by atomic mass is 9.93. The van der Waals surface area contributed by atoms with Gasteiger partial charge >= 0.3 is 0 Å². The Morgan fingerprint density at radius 3 is 1.84 bits per heavy atom. The van der Waals surface area contributed by atoms with Crippen LogP contribution in [0.5, 0.6) is 0 Å². The van der Waals surface area contributed by atoms with Gasteiger partial charge in [0.05, 0.1) is 0 Å². The highest BCUT2D eigenvalue weighted by Crippen LogP contribution is 2.32. The third kappa shape index (κ3) is 8.91. The molecule has 31 heavy (non-hydrogen) atoms. The first-order valence-electron chi connectivity index (χ1n) is 12.0. The average molecular weight is 450 g/mol. The van der Waals surface area contributed by atoms with E-state index in [0.717, 1.165) is 48.6 Å². The lowest BCUT2D eigenvalue weighted by Gasteiger charge is -2.17. The fourth-order valence-electron chi connectivity index (χ4n) is 4.38. The summed E-state index contributed by atoms with van der Waals surface area (Å²) in [5.41, 5.74) is 1.95. The first-order valence-corrected chi connectivity index (χ1v) is 13.4. The topological polar surface area (TPSA) is 89.4 Å². The number of hydrogen-bond donors (Lipinski definition) is 2. The molecule has 176 valence electrons. The molecule has 0 saturated heterocycles. The van der Waals surface area contributed by atoms with Gasteiger partial charge in [-0.05, 0) is 42.2 Å². The molecule has 2 aromatic rings. The Kier molecular flexibility index (Phi) is 13.0. The molecule has 0 aliphatic heterocycles. The van der Waals surface area contributed by atoms with Crippen molar-refractivity contribution < 1.29 is 13.0 Å². The summed E-state index contributed by atoms with van der Waals surface area (Å²) >= 11 is 0. The Bertz CT molecular complexity index is 878. The minimum Gasteiger partial charge on any atom is -0.344 e. The minimum atomic E-state index is -4.28. The highest BCUT2D eigenvalue weighted by Gasteiger charge is 2.22. The van der Waals surface area contributed by atoms with Crippen molar-refractivity contribution in [3.63, 3.8) is 0 Å². The highest BCUT2D eigenvalue weighted by molar-refractivity contribution is 7.86. The van der Waals surface area contributed by atoms with Gasteiger partial charge in [0.15, 0.2) is 0 Å². The van der Waals surface area contributed by atoms with Crippen LogP contribution in [0.15, 0.2) is 35.2 Å². The van der Waals surface area contributed by atoms with Crippen LogP contribution in [0.1, 0.15) is 102 Å². The Morgan fingerprint density at radius 1 is 0.742 bits per heavy atom. The lowest BCUT2D eigenvalue weighted by molar-refractivity contribution is 0.482. The third-order valence-electron chi connectivity index (χ3n) is 6.03. The van der Waals surface area contributed by atoms with Crippen molar-refractivity contribution >= 4 is 20.9 Å². The Balaban J connectivity index is 0.00000480. The summed E-state index contributed by atoms with van der Waals surface area (Å²) in [5.74, 6) is 0. The summed E-state index contributed by atoms with van der Waals surface area (Å²) in [6.07, 6.45) is 15.9. The van der Waals surface area contributed by atoms with Crippen LogP contribution in [0, 0.1) is 0 Å². The molecule has 0 heterocycles. The van der Waals surface area contributed by atoms with E-state index in [4.69, 9.17) is 0 Å². The lowest BCUT2D eigenvalue weighted by Crippen LogP contribution is -2.08. The van der Waals surface area contributed by atoms with Crippen molar-refractivity contribution in [1.82, 2.24) is 6.15 Å². The van der Waals surface area contributed by atoms with Crippen molar-refractivity contribution in [2.45, 2.75) is 109 Å². The van der Waals surface area contributed by atoms with E-state index in [2.05, 4.69) is 19.9 Å². The van der Waals surface area contributed by atoms with Crippen LogP contribution < -0.4 is 6.15 Å². The van der Waals surface area contributed by atoms with Gasteiger partial charge in [-0.1, -0.05) is 108 Å². The SMILES string of the molecule is CCCCCCCCc1cc2ccccc2c(S(=O)(=O)O)c1CCCCCCCC.N. The molecule has 0 unspecified atom stereocenters. The maximum Gasteiger partial charge on any atom is 0.295 e. The maximum atomic E-state index is 12.4. The van der Waals surface area contributed by atoms with Crippen LogP contribution in [-0.4, -0.2) is 13.0 Å². The molecule has 2 rings (SSSR count). The second-order valence-corrected chi connectivity index (χ2v) is 9.93. The fourth-order valence-corrected chi connectivity index (χ4v) is 5.39. The van der Waals surface area contributed by atoms with E-state index < -0.39 is 10.1 Å². The molecule has 5 heteroatoms. The summed E-state index contributed by atoms with van der Waals surface area (Å²) in [6, 6.07) is 9.69. The normalized spacial score (nSPS) is 11.6. The molecule has 2 aromatic carbocycles. The Labute approximate surface area is 190 Å². The van der Waals surface area contributed by atoms with Gasteiger partial charge in [-0.25, -0.2) is 0 Å². The van der Waals surface area contributed by atoms with Crippen molar-refractivity contribution in [3.8, 4) is 0 Å². The molecular formula is C26H43NO3S. The summed E-state index contributed by atoms with van der Waals surface area (Å²) in [7, 11) is -4.28. The number of fused-ring (bicyclic) bond motifs is 1. The van der Waals surface area contributed by atoms with Crippen LogP contribution in [-0.2, 0) is 23.0 Å². The van der Waals surface area contributed by atoms with Crippen LogP contribution in [0.3, 0.4) is 0 Å². The van der Waals surface area contributed by atoms with Crippen LogP contribution in [0.2, 0.25) is 0 Å². The fraction of sp³-hybridized carbons (Fsp3) is 0.615. The third-order valence-corrected chi connectivity index (χ3v) is 7.02. The first-order chi connectivity index (χ1) is 14.5. The van der Waals surface area contributed by atoms with Crippen molar-refractivity contribution in [2.75, 3.05) is 0 Å². The molecular weight excluding hydrogens is 406 g/mol. The van der Waals surface area contributed by atoms with Crippen LogP contribution in [0.25, 0.3) is 10.8 Å². The Hall–Kier alpha value is -1.43. The smallest absolute Gasteiger partial charge is 0.295 e. The van der Waals surface area contributed by atoms with Gasteiger partial charge in [-0.2, -0.15) is 8.42 Å². The molecule has 0 saturated carbocycles. The monoisotopic (exact) mass is 449 g/mol. The maximum absolute atomic E-state index is 12.4. The predicted octanol–water partition coefficient (Wildman–Crippen LogP) is 8.05. The molecule has 0 radical (unpaired) electrons. The zero-order chi connectivity index (χ0) is 21.8. The van der Waals surface area contributed by atoms with Crippen molar-refractivity contribution in [2.24, 2.45) is 0 Å². The van der Waals surface area contributed by atoms with Gasteiger partial charge in [-0.15, -0.1) is 0 Å². The number of unbranched alkanes of at least 4 members (excludes halogenated alkanes) is 10. The van der Waals surface area contributed by atoms with Gasteiger partial charge in [0.1, 0.15) is 4.90 Å². The quantitative estimate of drug-likeness (QED) is 0.212. The van der Waals surface area contributed by atoms with Gasteiger partial charge in [0.25, 0.3) is 10.1 Å². The molecule has 4 nitrogen and oxygen atoms in total. The van der Waals surface area contributed by atoms with Gasteiger partial charge in [-0.3, -0.25) is 4.55 Å². The van der Waals surface area contributed by atoms with Crippen molar-refractivity contribution in [3.05, 3.63) is 41.5 Å². The minimum absolute atomic E-state index is 0. The second kappa shape index (κ2) is 14.6. The molecule has 0 atom stereocenters. The van der Waals surface area contributed by atoms with E-state index in [-0.39, 0.29) is 11.0 Å². The summed E-state index contributed by atoms with van der Waals surface area (Å²) in [6.45, 7) is 4.43. The average Bonchev–Trinajstić information content (AvgIpc) is 2.72. The molecule has 4 N–H and O–H groups in total. The van der Waals surface area contributed by atoms with E-state index in [1.807, 2.05) is 24.3 Å². The van der Waals surface area contributed by atoms with Gasteiger partial charge in [0, 0.05) is 5.39 Å². The summed E-state index contributed by atoms with van der Waals surface area (Å²) < 4.78 is 34.9. The second-order valence-electron chi connectivity index (χ2n) is 8.58. The van der Waals surface area contributed by atoms with Gasteiger partial charge in [0.2, 0.25) is 0 Å². The van der Waals surface area contributed by atoms with Crippen LogP contribution in [0.4, 0.5) is 0 Å². The molecule has 0 aromatic heterocycles. The molecule has 0 spiro atoms. The molecule has 0 aliphatic rings. The first kappa shape index (κ1) is 27.6. The molecule has 0 aliphatic carbocycles. The van der Waals surface area contributed by atoms with Crippen LogP contribution >= 0.6 is 0 Å². The zero-order valence-corrected chi connectivity index (χ0v) is 20.5. The van der Waals surface area contributed by atoms with E-state index in [0.29, 0.717) is 5.39 Å². The van der Waals surface area contributed by atoms with E-state index in [1.54, 1.807) is 0 Å². The predicted molar refractivity (Wildman–Crippen MR) is 133 cm³/mol. The number of rotatable bonds is 15. The number of aryl methyl sites for hydroxylation is 1. The zero-order valence-electron chi connectivity index (χ0n) is 19.7. The van der Waals surface area contributed by atoms with Gasteiger partial charge < -0.3 is 6.15 Å². The summed E-state index contributed by atoms with van der Waals surface area (Å²) in [4.78, 5) is 0.148. The molecule has 0 fully saturated rings. The van der Waals surface area contributed by atoms with E-state index in [1.165, 1.54) is 57.8 Å². The highest BCUT2D eigenvalue weighted by atomic mass is 32.2. The van der Waals surface area contributed by atoms with E-state index >= 15 is 0 Å². The Morgan fingerprint density at radius 2 is 1.26 bits per heavy atom. The molecule has 0 bridgehead atoms. The summed E-state index contributed by atoms with van der Waals surface area (Å²) in [5, 5.41) is 1.55. The number of benzene rings is 2. The standard InChI is InChI=1S/C26H40O3S.H3N/c1-3-5-7-9-11-13-17-22-21-23-18-15-16-20-25(23)26(30(27,28)29)24(22)19-14-12-10-8-6-4-2;/h15-16,18,20-21H,3-14,17,19H2,1-2H3,(H,27,28,29);1H3. The van der Waals surface area contributed by atoms with E-state index in [9.17, 15) is 13.0 Å². The van der Waals surface area contributed by atoms with Crippen molar-refractivity contribution in [1.29, 1.82) is 0 Å².